The van der Waals surface area contributed by atoms with Gasteiger partial charge >= 0.3 is 0 Å². The molecule has 0 radical (unpaired) electrons. The van der Waals surface area contributed by atoms with Gasteiger partial charge < -0.3 is 10.2 Å². The van der Waals surface area contributed by atoms with Gasteiger partial charge in [-0.15, -0.1) is 0 Å². The van der Waals surface area contributed by atoms with Gasteiger partial charge in [-0.25, -0.2) is 9.67 Å². The van der Waals surface area contributed by atoms with E-state index < -0.39 is 0 Å². The van der Waals surface area contributed by atoms with Crippen LogP contribution in [0.15, 0.2) is 36.9 Å². The van der Waals surface area contributed by atoms with Gasteiger partial charge in [-0.1, -0.05) is 12.1 Å². The molecule has 1 saturated heterocycles. The molecule has 1 aliphatic rings. The van der Waals surface area contributed by atoms with E-state index in [1.54, 1.807) is 11.0 Å². The SMILES string of the molecule is C[C@H](CCNC(=O)c1ccccc1-n1cncn1)N1CCN(C)CC1. The minimum absolute atomic E-state index is 0.0725. The molecule has 0 saturated carbocycles. The van der Waals surface area contributed by atoms with Crippen molar-refractivity contribution >= 4 is 5.91 Å². The third-order valence-electron chi connectivity index (χ3n) is 4.82. The van der Waals surface area contributed by atoms with Crippen LogP contribution in [0.1, 0.15) is 23.7 Å². The third-order valence-corrected chi connectivity index (χ3v) is 4.82. The van der Waals surface area contributed by atoms with Crippen LogP contribution in [0.5, 0.6) is 0 Å². The number of piperazine rings is 1. The Morgan fingerprint density at radius 3 is 2.72 bits per heavy atom. The van der Waals surface area contributed by atoms with Crippen molar-refractivity contribution < 1.29 is 4.79 Å². The van der Waals surface area contributed by atoms with Crippen molar-refractivity contribution in [3.05, 3.63) is 42.5 Å². The summed E-state index contributed by atoms with van der Waals surface area (Å²) in [4.78, 5) is 21.4. The van der Waals surface area contributed by atoms with Crippen LogP contribution in [0.3, 0.4) is 0 Å². The lowest BCUT2D eigenvalue weighted by molar-refractivity contribution is 0.0935. The molecule has 25 heavy (non-hydrogen) atoms. The molecule has 1 amide bonds. The Morgan fingerprint density at radius 1 is 1.24 bits per heavy atom. The number of carbonyl (C=O) groups is 1. The number of para-hydroxylation sites is 1. The number of rotatable bonds is 6. The third kappa shape index (κ3) is 4.43. The van der Waals surface area contributed by atoms with E-state index in [1.165, 1.54) is 6.33 Å². The summed E-state index contributed by atoms with van der Waals surface area (Å²) >= 11 is 0. The maximum Gasteiger partial charge on any atom is 0.253 e. The molecule has 1 aliphatic heterocycles. The van der Waals surface area contributed by atoms with Crippen molar-refractivity contribution in [2.75, 3.05) is 39.8 Å². The van der Waals surface area contributed by atoms with Crippen molar-refractivity contribution in [3.63, 3.8) is 0 Å². The number of benzene rings is 1. The molecule has 2 heterocycles. The molecule has 1 atom stereocenters. The maximum atomic E-state index is 12.6. The van der Waals surface area contributed by atoms with E-state index in [4.69, 9.17) is 0 Å². The fraction of sp³-hybridized carbons (Fsp3) is 0.500. The van der Waals surface area contributed by atoms with Crippen molar-refractivity contribution in [2.24, 2.45) is 0 Å². The number of amides is 1. The van der Waals surface area contributed by atoms with E-state index in [9.17, 15) is 4.79 Å². The fourth-order valence-corrected chi connectivity index (χ4v) is 3.13. The molecule has 1 N–H and O–H groups in total. The van der Waals surface area contributed by atoms with E-state index in [-0.39, 0.29) is 5.91 Å². The summed E-state index contributed by atoms with van der Waals surface area (Å²) in [6.07, 6.45) is 4.01. The van der Waals surface area contributed by atoms with E-state index in [0.717, 1.165) is 38.3 Å². The maximum absolute atomic E-state index is 12.6. The summed E-state index contributed by atoms with van der Waals surface area (Å²) < 4.78 is 1.61. The van der Waals surface area contributed by atoms with Crippen LogP contribution >= 0.6 is 0 Å². The van der Waals surface area contributed by atoms with Crippen LogP contribution in [-0.2, 0) is 0 Å². The first kappa shape index (κ1) is 17.6. The number of likely N-dealkylation sites (N-methyl/N-ethyl adjacent to an activating group) is 1. The highest BCUT2D eigenvalue weighted by Crippen LogP contribution is 2.13. The minimum atomic E-state index is -0.0725. The first-order valence-electron chi connectivity index (χ1n) is 8.80. The van der Waals surface area contributed by atoms with Crippen molar-refractivity contribution in [2.45, 2.75) is 19.4 Å². The van der Waals surface area contributed by atoms with Gasteiger partial charge in [0, 0.05) is 38.8 Å². The van der Waals surface area contributed by atoms with E-state index >= 15 is 0 Å². The Bertz CT molecular complexity index is 679. The van der Waals surface area contributed by atoms with E-state index in [1.807, 2.05) is 24.3 Å². The molecule has 0 unspecified atom stereocenters. The van der Waals surface area contributed by atoms with Gasteiger partial charge in [0.15, 0.2) is 0 Å². The number of nitrogens with one attached hydrogen (secondary N) is 1. The van der Waals surface area contributed by atoms with Gasteiger partial charge in [0.05, 0.1) is 11.3 Å². The Morgan fingerprint density at radius 2 is 2.00 bits per heavy atom. The van der Waals surface area contributed by atoms with Crippen LogP contribution in [0.4, 0.5) is 0 Å². The van der Waals surface area contributed by atoms with Crippen LogP contribution in [-0.4, -0.2) is 76.3 Å². The summed E-state index contributed by atoms with van der Waals surface area (Å²) in [5.41, 5.74) is 1.35. The van der Waals surface area contributed by atoms with Gasteiger partial charge in [-0.05, 0) is 32.5 Å². The lowest BCUT2D eigenvalue weighted by Gasteiger charge is -2.36. The van der Waals surface area contributed by atoms with Gasteiger partial charge in [0.2, 0.25) is 0 Å². The zero-order valence-corrected chi connectivity index (χ0v) is 14.9. The van der Waals surface area contributed by atoms with E-state index in [0.29, 0.717) is 18.2 Å². The lowest BCUT2D eigenvalue weighted by Crippen LogP contribution is -2.48. The van der Waals surface area contributed by atoms with Gasteiger partial charge in [0.25, 0.3) is 5.91 Å². The molecular weight excluding hydrogens is 316 g/mol. The Hall–Kier alpha value is -2.25. The van der Waals surface area contributed by atoms with Gasteiger partial charge in [0.1, 0.15) is 12.7 Å². The predicted octanol–water partition coefficient (Wildman–Crippen LogP) is 1.02. The van der Waals surface area contributed by atoms with Gasteiger partial charge in [-0.3, -0.25) is 9.69 Å². The highest BCUT2D eigenvalue weighted by molar-refractivity contribution is 5.97. The topological polar surface area (TPSA) is 66.3 Å². The molecule has 1 aromatic heterocycles. The monoisotopic (exact) mass is 342 g/mol. The molecule has 3 rings (SSSR count). The average molecular weight is 342 g/mol. The summed E-state index contributed by atoms with van der Waals surface area (Å²) in [6.45, 7) is 7.32. The molecule has 2 aromatic rings. The molecular formula is C18H26N6O. The number of nitrogens with zero attached hydrogens (tertiary/aromatic N) is 5. The number of hydrogen-bond acceptors (Lipinski definition) is 5. The molecule has 0 spiro atoms. The summed E-state index contributed by atoms with van der Waals surface area (Å²) in [5.74, 6) is -0.0725. The van der Waals surface area contributed by atoms with Crippen molar-refractivity contribution in [1.29, 1.82) is 0 Å². The van der Waals surface area contributed by atoms with Crippen LogP contribution in [0.25, 0.3) is 5.69 Å². The summed E-state index contributed by atoms with van der Waals surface area (Å²) in [6, 6.07) is 7.91. The second-order valence-corrected chi connectivity index (χ2v) is 6.59. The van der Waals surface area contributed by atoms with Crippen molar-refractivity contribution in [1.82, 2.24) is 29.9 Å². The minimum Gasteiger partial charge on any atom is -0.352 e. The Kier molecular flexibility index (Phi) is 5.78. The van der Waals surface area contributed by atoms with Crippen LogP contribution < -0.4 is 5.32 Å². The fourth-order valence-electron chi connectivity index (χ4n) is 3.13. The largest absolute Gasteiger partial charge is 0.352 e. The first-order valence-corrected chi connectivity index (χ1v) is 8.80. The predicted molar refractivity (Wildman–Crippen MR) is 96.8 cm³/mol. The molecule has 0 aliphatic carbocycles. The molecule has 0 bridgehead atoms. The average Bonchev–Trinajstić information content (AvgIpc) is 3.16. The molecule has 1 fully saturated rings. The Labute approximate surface area is 148 Å². The lowest BCUT2D eigenvalue weighted by atomic mass is 10.1. The zero-order chi connectivity index (χ0) is 17.6. The van der Waals surface area contributed by atoms with Gasteiger partial charge in [-0.2, -0.15) is 5.10 Å². The highest BCUT2D eigenvalue weighted by Gasteiger charge is 2.19. The quantitative estimate of drug-likeness (QED) is 0.849. The molecule has 134 valence electrons. The normalized spacial score (nSPS) is 17.4. The standard InChI is InChI=1S/C18H26N6O/c1-15(23-11-9-22(2)10-12-23)7-8-20-18(25)16-5-3-4-6-17(16)24-14-19-13-21-24/h3-6,13-15H,7-12H2,1-2H3,(H,20,25)/t15-/m1/s1. The number of hydrogen-bond donors (Lipinski definition) is 1. The zero-order valence-electron chi connectivity index (χ0n) is 14.9. The Balaban J connectivity index is 1.53. The molecule has 7 heteroatoms. The summed E-state index contributed by atoms with van der Waals surface area (Å²) in [7, 11) is 2.16. The molecule has 1 aromatic carbocycles. The van der Waals surface area contributed by atoms with Crippen LogP contribution in [0, 0.1) is 0 Å². The second kappa shape index (κ2) is 8.22. The van der Waals surface area contributed by atoms with Crippen molar-refractivity contribution in [3.8, 4) is 5.69 Å². The smallest absolute Gasteiger partial charge is 0.253 e. The summed E-state index contributed by atoms with van der Waals surface area (Å²) in [5, 5.41) is 7.16. The second-order valence-electron chi connectivity index (χ2n) is 6.59. The molecule has 7 nitrogen and oxygen atoms in total. The van der Waals surface area contributed by atoms with E-state index in [2.05, 4.69) is 39.2 Å². The highest BCUT2D eigenvalue weighted by atomic mass is 16.1. The van der Waals surface area contributed by atoms with Crippen LogP contribution in [0.2, 0.25) is 0 Å². The number of aromatic nitrogens is 3. The number of carbonyl (C=O) groups excluding carboxylic acids is 1. The first-order chi connectivity index (χ1) is 12.1.